The summed E-state index contributed by atoms with van der Waals surface area (Å²) in [5.74, 6) is 0. The topological polar surface area (TPSA) is 68.2 Å². The first-order chi connectivity index (χ1) is 8.08. The minimum Gasteiger partial charge on any atom is -0.394 e. The fourth-order valence-corrected chi connectivity index (χ4v) is 0.763. The van der Waals surface area contributed by atoms with Gasteiger partial charge in [-0.1, -0.05) is 0 Å². The van der Waals surface area contributed by atoms with Crippen molar-refractivity contribution >= 4 is 0 Å². The lowest BCUT2D eigenvalue weighted by Crippen LogP contribution is -2.19. The summed E-state index contributed by atoms with van der Waals surface area (Å²) in [7, 11) is 0. The standard InChI is InChI=1S/C6H14O3.C6H14O2/c1-5(8)4-9-6(2)3-7;1-3-7-5-6-8-4-2/h5-8H,3-4H2,1-2H3;3-6H2,1-2H3. The second kappa shape index (κ2) is 15.8. The van der Waals surface area contributed by atoms with E-state index in [1.165, 1.54) is 0 Å². The molecule has 0 heterocycles. The van der Waals surface area contributed by atoms with Gasteiger partial charge in [-0.2, -0.15) is 0 Å². The van der Waals surface area contributed by atoms with Crippen molar-refractivity contribution in [2.45, 2.75) is 39.9 Å². The molecular formula is C12H28O5. The van der Waals surface area contributed by atoms with E-state index in [4.69, 9.17) is 24.4 Å². The van der Waals surface area contributed by atoms with E-state index in [2.05, 4.69) is 0 Å². The molecule has 0 aliphatic rings. The van der Waals surface area contributed by atoms with Gasteiger partial charge in [0.2, 0.25) is 0 Å². The predicted octanol–water partition coefficient (Wildman–Crippen LogP) is 0.824. The van der Waals surface area contributed by atoms with E-state index in [-0.39, 0.29) is 12.7 Å². The van der Waals surface area contributed by atoms with Crippen molar-refractivity contribution in [2.24, 2.45) is 0 Å². The fraction of sp³-hybridized carbons (Fsp3) is 1.00. The summed E-state index contributed by atoms with van der Waals surface area (Å²) >= 11 is 0. The molecule has 0 spiro atoms. The van der Waals surface area contributed by atoms with Crippen LogP contribution in [0.5, 0.6) is 0 Å². The molecule has 0 fully saturated rings. The lowest BCUT2D eigenvalue weighted by molar-refractivity contribution is -0.0177. The Morgan fingerprint density at radius 3 is 1.76 bits per heavy atom. The molecule has 0 amide bonds. The van der Waals surface area contributed by atoms with Gasteiger partial charge in [0.15, 0.2) is 0 Å². The van der Waals surface area contributed by atoms with Crippen molar-refractivity contribution in [1.29, 1.82) is 0 Å². The van der Waals surface area contributed by atoms with Gasteiger partial charge in [-0.3, -0.25) is 0 Å². The van der Waals surface area contributed by atoms with Gasteiger partial charge in [0.1, 0.15) is 0 Å². The molecule has 0 aromatic rings. The molecule has 0 aliphatic heterocycles. The quantitative estimate of drug-likeness (QED) is 0.595. The molecule has 5 nitrogen and oxygen atoms in total. The van der Waals surface area contributed by atoms with Crippen LogP contribution in [0.15, 0.2) is 0 Å². The highest BCUT2D eigenvalue weighted by Crippen LogP contribution is 1.90. The lowest BCUT2D eigenvalue weighted by atomic mass is 10.4. The maximum Gasteiger partial charge on any atom is 0.0779 e. The zero-order valence-electron chi connectivity index (χ0n) is 11.5. The number of hydrogen-bond donors (Lipinski definition) is 2. The van der Waals surface area contributed by atoms with Crippen molar-refractivity contribution in [1.82, 2.24) is 0 Å². The highest BCUT2D eigenvalue weighted by Gasteiger charge is 2.00. The van der Waals surface area contributed by atoms with E-state index < -0.39 is 6.10 Å². The fourth-order valence-electron chi connectivity index (χ4n) is 0.763. The normalized spacial score (nSPS) is 13.8. The van der Waals surface area contributed by atoms with E-state index in [1.54, 1.807) is 13.8 Å². The molecule has 0 radical (unpaired) electrons. The Balaban J connectivity index is 0. The van der Waals surface area contributed by atoms with E-state index in [0.29, 0.717) is 6.61 Å². The summed E-state index contributed by atoms with van der Waals surface area (Å²) in [6.45, 7) is 10.7. The zero-order valence-corrected chi connectivity index (χ0v) is 11.5. The summed E-state index contributed by atoms with van der Waals surface area (Å²) < 4.78 is 15.0. The Labute approximate surface area is 105 Å². The van der Waals surface area contributed by atoms with Gasteiger partial charge >= 0.3 is 0 Å². The van der Waals surface area contributed by atoms with Crippen LogP contribution in [0, 0.1) is 0 Å². The van der Waals surface area contributed by atoms with Crippen LogP contribution in [-0.4, -0.2) is 62.1 Å². The van der Waals surface area contributed by atoms with Crippen LogP contribution in [0.1, 0.15) is 27.7 Å². The third kappa shape index (κ3) is 21.6. The maximum atomic E-state index is 8.69. The van der Waals surface area contributed by atoms with E-state index in [1.807, 2.05) is 13.8 Å². The van der Waals surface area contributed by atoms with Crippen LogP contribution in [0.2, 0.25) is 0 Å². The minimum absolute atomic E-state index is 0.00667. The second-order valence-corrected chi connectivity index (χ2v) is 3.57. The number of rotatable bonds is 9. The SMILES string of the molecule is CC(O)COC(C)CO.CCOCCOCC. The average molecular weight is 252 g/mol. The highest BCUT2D eigenvalue weighted by molar-refractivity contribution is 4.47. The van der Waals surface area contributed by atoms with Crippen LogP contribution in [0.25, 0.3) is 0 Å². The van der Waals surface area contributed by atoms with Crippen LogP contribution >= 0.6 is 0 Å². The lowest BCUT2D eigenvalue weighted by Gasteiger charge is -2.10. The van der Waals surface area contributed by atoms with Crippen molar-refractivity contribution in [3.8, 4) is 0 Å². The van der Waals surface area contributed by atoms with Crippen LogP contribution in [0.4, 0.5) is 0 Å². The Morgan fingerprint density at radius 2 is 1.47 bits per heavy atom. The largest absolute Gasteiger partial charge is 0.394 e. The Morgan fingerprint density at radius 1 is 1.00 bits per heavy atom. The van der Waals surface area contributed by atoms with E-state index in [0.717, 1.165) is 26.4 Å². The molecule has 2 unspecified atom stereocenters. The summed E-state index contributed by atoms with van der Waals surface area (Å²) in [6, 6.07) is 0. The summed E-state index contributed by atoms with van der Waals surface area (Å²) in [4.78, 5) is 0. The molecule has 17 heavy (non-hydrogen) atoms. The third-order valence-corrected chi connectivity index (χ3v) is 1.66. The molecule has 2 N–H and O–H groups in total. The van der Waals surface area contributed by atoms with Gasteiger partial charge in [-0.05, 0) is 27.7 Å². The number of ether oxygens (including phenoxy) is 3. The molecule has 0 aromatic heterocycles. The van der Waals surface area contributed by atoms with Crippen LogP contribution in [0.3, 0.4) is 0 Å². The highest BCUT2D eigenvalue weighted by atomic mass is 16.5. The van der Waals surface area contributed by atoms with Crippen molar-refractivity contribution in [3.63, 3.8) is 0 Å². The average Bonchev–Trinajstić information content (AvgIpc) is 2.32. The van der Waals surface area contributed by atoms with Crippen molar-refractivity contribution in [2.75, 3.05) is 39.6 Å². The van der Waals surface area contributed by atoms with Crippen molar-refractivity contribution in [3.05, 3.63) is 0 Å². The predicted molar refractivity (Wildman–Crippen MR) is 67.2 cm³/mol. The van der Waals surface area contributed by atoms with Crippen LogP contribution < -0.4 is 0 Å². The number of aliphatic hydroxyl groups excluding tert-OH is 2. The molecule has 0 bridgehead atoms. The summed E-state index contributed by atoms with van der Waals surface area (Å²) in [5, 5.41) is 17.1. The van der Waals surface area contributed by atoms with Gasteiger partial charge in [-0.15, -0.1) is 0 Å². The van der Waals surface area contributed by atoms with Gasteiger partial charge in [0, 0.05) is 13.2 Å². The Hall–Kier alpha value is -0.200. The molecule has 0 saturated heterocycles. The molecule has 0 saturated carbocycles. The summed E-state index contributed by atoms with van der Waals surface area (Å²) in [6.07, 6.45) is -0.612. The molecule has 2 atom stereocenters. The zero-order chi connectivity index (χ0) is 13.5. The molecular weight excluding hydrogens is 224 g/mol. The minimum atomic E-state index is -0.445. The Bertz CT molecular complexity index is 124. The molecule has 0 rings (SSSR count). The van der Waals surface area contributed by atoms with Gasteiger partial charge in [-0.25, -0.2) is 0 Å². The molecule has 106 valence electrons. The van der Waals surface area contributed by atoms with Crippen molar-refractivity contribution < 1.29 is 24.4 Å². The monoisotopic (exact) mass is 252 g/mol. The molecule has 0 aliphatic carbocycles. The second-order valence-electron chi connectivity index (χ2n) is 3.57. The smallest absolute Gasteiger partial charge is 0.0779 e. The van der Waals surface area contributed by atoms with Gasteiger partial charge in [0.25, 0.3) is 0 Å². The first-order valence-electron chi connectivity index (χ1n) is 6.14. The first-order valence-corrected chi connectivity index (χ1v) is 6.14. The molecule has 5 heteroatoms. The third-order valence-electron chi connectivity index (χ3n) is 1.66. The van der Waals surface area contributed by atoms with E-state index in [9.17, 15) is 0 Å². The van der Waals surface area contributed by atoms with Crippen LogP contribution in [-0.2, 0) is 14.2 Å². The van der Waals surface area contributed by atoms with E-state index >= 15 is 0 Å². The van der Waals surface area contributed by atoms with Gasteiger partial charge < -0.3 is 24.4 Å². The summed E-state index contributed by atoms with van der Waals surface area (Å²) in [5.41, 5.74) is 0. The first kappa shape index (κ1) is 19.1. The molecule has 0 aromatic carbocycles. The maximum absolute atomic E-state index is 8.69. The Kier molecular flexibility index (Phi) is 17.8. The van der Waals surface area contributed by atoms with Gasteiger partial charge in [0.05, 0.1) is 38.6 Å². The number of aliphatic hydroxyl groups is 2. The number of hydrogen-bond acceptors (Lipinski definition) is 5.